The average molecular weight is 982 g/mol. The lowest BCUT2D eigenvalue weighted by Crippen LogP contribution is -2.46. The molecule has 8 atom stereocenters. The highest BCUT2D eigenvalue weighted by Gasteiger charge is 2.50. The van der Waals surface area contributed by atoms with Crippen molar-refractivity contribution < 1.29 is 95.2 Å². The number of aliphatic hydroxyl groups excluding tert-OH is 2. The second-order valence-electron chi connectivity index (χ2n) is 14.2. The minimum absolute atomic E-state index is 0.0123. The number of carbonyl (C=O) groups excluding carboxylic acids is 4. The summed E-state index contributed by atoms with van der Waals surface area (Å²) in [5, 5.41) is 37.1. The van der Waals surface area contributed by atoms with Gasteiger partial charge in [0.25, 0.3) is 0 Å². The maximum atomic E-state index is 12.7. The van der Waals surface area contributed by atoms with Crippen LogP contribution in [-0.2, 0) is 60.3 Å². The number of carboxylic acids is 1. The maximum absolute atomic E-state index is 12.7. The van der Waals surface area contributed by atoms with Crippen LogP contribution >= 0.6 is 35.2 Å². The topological polar surface area (TPSA) is 456 Å². The summed E-state index contributed by atoms with van der Waals surface area (Å²) >= 11 is 0.823. The van der Waals surface area contributed by atoms with Gasteiger partial charge in [-0.3, -0.25) is 42.1 Å². The normalized spacial score (nSPS) is 20.9. The molecule has 0 saturated carbocycles. The number of anilines is 1. The van der Waals surface area contributed by atoms with Gasteiger partial charge in [0.1, 0.15) is 36.3 Å². The van der Waals surface area contributed by atoms with Gasteiger partial charge >= 0.3 is 29.4 Å². The van der Waals surface area contributed by atoms with E-state index in [0.29, 0.717) is 6.42 Å². The van der Waals surface area contributed by atoms with Crippen LogP contribution in [0, 0.1) is 5.41 Å². The Morgan fingerprint density at radius 3 is 2.32 bits per heavy atom. The quantitative estimate of drug-likeness (QED) is 0.0332. The summed E-state index contributed by atoms with van der Waals surface area (Å²) < 4.78 is 62.2. The standard InChI is InChI=1S/C30H50N9O20P3S/c1-30(2,24(45)27(46)34-9-7-18(40)33-10-11-63-29(47)16(4-3-8-31)38-19(41)5-6-20(42)43)13-56-62(53,54)59-61(51,52)55-12-17-23(58-60(48,49)50)22(44)28(57-17)39-15-37-21-25(32)35-14-36-26(21)39/h14-17,22-24,28,44-45H,3-13,31H2,1-2H3,(H,33,40)(H,34,46)(H,38,41)(H,42,43)(H,51,52)(H,53,54)(H2,32,35,36)(H2,48,49,50). The first kappa shape index (κ1) is 53.8. The molecule has 3 heterocycles. The van der Waals surface area contributed by atoms with Crippen molar-refractivity contribution in [1.82, 2.24) is 35.5 Å². The number of thioether (sulfide) groups is 1. The molecule has 33 heteroatoms. The number of aliphatic carboxylic acids is 1. The molecule has 14 N–H and O–H groups in total. The van der Waals surface area contributed by atoms with E-state index in [0.717, 1.165) is 29.0 Å². The van der Waals surface area contributed by atoms with Gasteiger partial charge in [-0.2, -0.15) is 4.31 Å². The molecule has 2 aromatic heterocycles. The van der Waals surface area contributed by atoms with Gasteiger partial charge in [0.15, 0.2) is 17.7 Å². The van der Waals surface area contributed by atoms with Crippen molar-refractivity contribution in [3.63, 3.8) is 0 Å². The highest BCUT2D eigenvalue weighted by atomic mass is 32.2. The molecule has 0 aliphatic carbocycles. The zero-order valence-corrected chi connectivity index (χ0v) is 37.0. The number of hydrogen-bond acceptors (Lipinski definition) is 21. The highest BCUT2D eigenvalue weighted by molar-refractivity contribution is 8.13. The van der Waals surface area contributed by atoms with Crippen LogP contribution in [0.3, 0.4) is 0 Å². The third-order valence-electron chi connectivity index (χ3n) is 8.63. The number of carboxylic acid groups (broad SMARTS) is 1. The number of ether oxygens (including phenoxy) is 1. The maximum Gasteiger partial charge on any atom is 0.481 e. The first-order valence-electron chi connectivity index (χ1n) is 18.5. The third kappa shape index (κ3) is 17.4. The predicted octanol–water partition coefficient (Wildman–Crippen LogP) is -2.25. The van der Waals surface area contributed by atoms with E-state index in [9.17, 15) is 67.5 Å². The number of imidazole rings is 1. The predicted molar refractivity (Wildman–Crippen MR) is 214 cm³/mol. The van der Waals surface area contributed by atoms with Crippen LogP contribution in [0.2, 0.25) is 0 Å². The number of phosphoric ester groups is 3. The number of rotatable bonds is 27. The van der Waals surface area contributed by atoms with Gasteiger partial charge in [0, 0.05) is 37.1 Å². The Labute approximate surface area is 361 Å². The van der Waals surface area contributed by atoms with E-state index in [4.69, 9.17) is 30.4 Å². The number of carbonyl (C=O) groups is 5. The second kappa shape index (κ2) is 23.6. The molecule has 356 valence electrons. The summed E-state index contributed by atoms with van der Waals surface area (Å²) in [5.74, 6) is -3.33. The van der Waals surface area contributed by atoms with Gasteiger partial charge in [-0.25, -0.2) is 28.6 Å². The zero-order valence-electron chi connectivity index (χ0n) is 33.5. The Kier molecular flexibility index (Phi) is 20.1. The van der Waals surface area contributed by atoms with E-state index in [1.807, 2.05) is 0 Å². The summed E-state index contributed by atoms with van der Waals surface area (Å²) in [7, 11) is -16.5. The molecule has 3 amide bonds. The lowest BCUT2D eigenvalue weighted by Gasteiger charge is -2.30. The van der Waals surface area contributed by atoms with E-state index < -0.39 is 114 Å². The van der Waals surface area contributed by atoms with Gasteiger partial charge in [-0.05, 0) is 19.4 Å². The lowest BCUT2D eigenvalue weighted by molar-refractivity contribution is -0.139. The number of aliphatic hydroxyl groups is 2. The van der Waals surface area contributed by atoms with Crippen LogP contribution in [0.4, 0.5) is 5.82 Å². The number of nitrogens with two attached hydrogens (primary N) is 2. The summed E-state index contributed by atoms with van der Waals surface area (Å²) in [5.41, 5.74) is 9.66. The molecule has 0 bridgehead atoms. The average Bonchev–Trinajstić information content (AvgIpc) is 3.75. The molecule has 3 rings (SSSR count). The highest BCUT2D eigenvalue weighted by Crippen LogP contribution is 2.61. The fourth-order valence-electron chi connectivity index (χ4n) is 5.44. The minimum Gasteiger partial charge on any atom is -0.481 e. The largest absolute Gasteiger partial charge is 0.481 e. The Bertz CT molecular complexity index is 2080. The van der Waals surface area contributed by atoms with Crippen molar-refractivity contribution >= 4 is 81.0 Å². The number of nitrogen functional groups attached to an aromatic ring is 1. The lowest BCUT2D eigenvalue weighted by atomic mass is 9.87. The fourth-order valence-corrected chi connectivity index (χ4v) is 9.05. The van der Waals surface area contributed by atoms with Crippen LogP contribution in [0.25, 0.3) is 11.2 Å². The van der Waals surface area contributed by atoms with Crippen molar-refractivity contribution in [2.75, 3.05) is 44.3 Å². The second-order valence-corrected chi connectivity index (χ2v) is 19.5. The number of hydrogen-bond donors (Lipinski definition) is 12. The monoisotopic (exact) mass is 981 g/mol. The molecule has 63 heavy (non-hydrogen) atoms. The first-order chi connectivity index (χ1) is 29.3. The summed E-state index contributed by atoms with van der Waals surface area (Å²) in [6.07, 6.45) is -7.30. The fraction of sp³-hybridized carbons (Fsp3) is 0.667. The molecule has 1 fully saturated rings. The van der Waals surface area contributed by atoms with Gasteiger partial charge < -0.3 is 67.0 Å². The molecule has 0 aromatic carbocycles. The number of nitrogens with zero attached hydrogens (tertiary/aromatic N) is 4. The van der Waals surface area contributed by atoms with Crippen molar-refractivity contribution in [3.8, 4) is 0 Å². The third-order valence-corrected chi connectivity index (χ3v) is 12.7. The Hall–Kier alpha value is -3.54. The van der Waals surface area contributed by atoms with Crippen molar-refractivity contribution in [3.05, 3.63) is 12.7 Å². The molecule has 29 nitrogen and oxygen atoms in total. The van der Waals surface area contributed by atoms with E-state index in [2.05, 4.69) is 39.7 Å². The van der Waals surface area contributed by atoms with E-state index in [1.54, 1.807) is 0 Å². The van der Waals surface area contributed by atoms with E-state index >= 15 is 0 Å². The van der Waals surface area contributed by atoms with Crippen molar-refractivity contribution in [1.29, 1.82) is 0 Å². The van der Waals surface area contributed by atoms with Crippen LogP contribution < -0.4 is 27.4 Å². The molecular formula is C30H50N9O20P3S. The van der Waals surface area contributed by atoms with Crippen LogP contribution in [-0.4, -0.2) is 152 Å². The van der Waals surface area contributed by atoms with Gasteiger partial charge in [0.05, 0.1) is 32.0 Å². The number of nitrogens with one attached hydrogen (secondary N) is 3. The van der Waals surface area contributed by atoms with Gasteiger partial charge in [-0.15, -0.1) is 0 Å². The number of fused-ring (bicyclic) bond motifs is 1. The molecule has 0 spiro atoms. The molecule has 1 aliphatic heterocycles. The zero-order chi connectivity index (χ0) is 47.3. The molecule has 8 unspecified atom stereocenters. The molecule has 2 aromatic rings. The SMILES string of the molecule is CC(C)(COP(=O)(O)OP(=O)(O)OCC1OC(n2cnc3c(N)ncnc32)C(O)C1OP(=O)(O)O)C(O)C(=O)NCCC(=O)NCCSC(=O)C(CCCN)NC(=O)CCC(=O)O. The molecule has 0 radical (unpaired) electrons. The van der Waals surface area contributed by atoms with Crippen molar-refractivity contribution in [2.24, 2.45) is 11.1 Å². The van der Waals surface area contributed by atoms with Crippen molar-refractivity contribution in [2.45, 2.75) is 82.6 Å². The number of aromatic nitrogens is 4. The number of amides is 3. The Morgan fingerprint density at radius 2 is 1.67 bits per heavy atom. The van der Waals surface area contributed by atoms with Crippen LogP contribution in [0.5, 0.6) is 0 Å². The van der Waals surface area contributed by atoms with Crippen LogP contribution in [0.15, 0.2) is 12.7 Å². The van der Waals surface area contributed by atoms with Gasteiger partial charge in [-0.1, -0.05) is 25.6 Å². The van der Waals surface area contributed by atoms with E-state index in [-0.39, 0.29) is 61.6 Å². The molecule has 1 aliphatic rings. The first-order valence-corrected chi connectivity index (χ1v) is 24.0. The summed E-state index contributed by atoms with van der Waals surface area (Å²) in [4.78, 5) is 111. The van der Waals surface area contributed by atoms with Gasteiger partial charge in [0.2, 0.25) is 22.8 Å². The summed E-state index contributed by atoms with van der Waals surface area (Å²) in [6, 6.07) is -0.910. The molecule has 1 saturated heterocycles. The Balaban J connectivity index is 1.45. The van der Waals surface area contributed by atoms with Crippen LogP contribution in [0.1, 0.15) is 52.2 Å². The summed E-state index contributed by atoms with van der Waals surface area (Å²) in [6.45, 7) is 0.311. The Morgan fingerprint density at radius 1 is 0.984 bits per heavy atom. The van der Waals surface area contributed by atoms with E-state index in [1.165, 1.54) is 13.8 Å². The molecular weight excluding hydrogens is 931 g/mol. The number of phosphoric acid groups is 3. The minimum atomic E-state index is -5.61. The smallest absolute Gasteiger partial charge is 0.481 e.